The third-order valence-electron chi connectivity index (χ3n) is 3.51. The van der Waals surface area contributed by atoms with Gasteiger partial charge in [-0.15, -0.1) is 0 Å². The maximum absolute atomic E-state index is 12.7. The van der Waals surface area contributed by atoms with Gasteiger partial charge in [0.15, 0.2) is 5.11 Å². The molecule has 1 N–H and O–H groups in total. The summed E-state index contributed by atoms with van der Waals surface area (Å²) in [7, 11) is 2.40. The Bertz CT molecular complexity index is 694. The van der Waals surface area contributed by atoms with Crippen molar-refractivity contribution in [2.24, 2.45) is 4.36 Å². The fourth-order valence-electron chi connectivity index (χ4n) is 2.20. The lowest BCUT2D eigenvalue weighted by molar-refractivity contribution is -0.128. The van der Waals surface area contributed by atoms with E-state index in [2.05, 4.69) is 9.68 Å². The van der Waals surface area contributed by atoms with Gasteiger partial charge in [-0.3, -0.25) is 9.69 Å². The minimum absolute atomic E-state index is 0.149. The predicted molar refractivity (Wildman–Crippen MR) is 95.6 cm³/mol. The molecule has 0 aromatic heterocycles. The zero-order chi connectivity index (χ0) is 18.1. The molecule has 24 heavy (non-hydrogen) atoms. The van der Waals surface area contributed by atoms with E-state index in [9.17, 15) is 13.2 Å². The molecule has 1 amide bonds. The molecular weight excluding hydrogens is 350 g/mol. The predicted octanol–water partition coefficient (Wildman–Crippen LogP) is 1.58. The molecular formula is C15H21N3O4S2. The topological polar surface area (TPSA) is 88.1 Å². The second kappa shape index (κ2) is 9.99. The lowest BCUT2D eigenvalue weighted by Gasteiger charge is -2.24. The summed E-state index contributed by atoms with van der Waals surface area (Å²) in [5.41, 5.74) is 0.815. The van der Waals surface area contributed by atoms with Crippen molar-refractivity contribution in [3.63, 3.8) is 0 Å². The number of hydrogen-bond donors (Lipinski definition) is 1. The molecule has 7 nitrogen and oxygen atoms in total. The lowest BCUT2D eigenvalue weighted by atomic mass is 9.93. The summed E-state index contributed by atoms with van der Waals surface area (Å²) >= 11 is 5.11. The second-order valence-electron chi connectivity index (χ2n) is 4.99. The zero-order valence-electron chi connectivity index (χ0n) is 13.9. The number of amides is 1. The molecule has 0 saturated carbocycles. The summed E-state index contributed by atoms with van der Waals surface area (Å²) in [6, 6.07) is 7.20. The van der Waals surface area contributed by atoms with Crippen LogP contribution in [0.15, 0.2) is 28.6 Å². The van der Waals surface area contributed by atoms with Gasteiger partial charge in [-0.05, 0) is 42.8 Å². The van der Waals surface area contributed by atoms with Crippen molar-refractivity contribution in [1.82, 2.24) is 10.2 Å². The third-order valence-corrected chi connectivity index (χ3v) is 4.38. The Morgan fingerprint density at radius 3 is 2.50 bits per heavy atom. The van der Waals surface area contributed by atoms with E-state index in [1.54, 1.807) is 33.3 Å². The van der Waals surface area contributed by atoms with Crippen LogP contribution >= 0.6 is 12.2 Å². The molecule has 0 fully saturated rings. The second-order valence-corrected chi connectivity index (χ2v) is 6.07. The monoisotopic (exact) mass is 371 g/mol. The van der Waals surface area contributed by atoms with Crippen LogP contribution in [0.1, 0.15) is 24.3 Å². The fourth-order valence-corrected chi connectivity index (χ4v) is 2.57. The summed E-state index contributed by atoms with van der Waals surface area (Å²) in [5, 5.41) is 3.09. The largest absolute Gasteiger partial charge is 0.497 e. The molecule has 0 aliphatic rings. The Balaban J connectivity index is 2.98. The molecule has 0 spiro atoms. The first-order valence-electron chi connectivity index (χ1n) is 7.30. The number of methoxy groups -OCH3 is 1. The van der Waals surface area contributed by atoms with Gasteiger partial charge in [0, 0.05) is 14.1 Å². The van der Waals surface area contributed by atoms with E-state index in [0.717, 1.165) is 5.56 Å². The van der Waals surface area contributed by atoms with Crippen LogP contribution in [0.4, 0.5) is 0 Å². The quantitative estimate of drug-likeness (QED) is 0.578. The number of nitrogens with one attached hydrogen (secondary N) is 1. The Morgan fingerprint density at radius 2 is 2.00 bits per heavy atom. The number of benzene rings is 1. The van der Waals surface area contributed by atoms with Gasteiger partial charge < -0.3 is 10.1 Å². The van der Waals surface area contributed by atoms with Crippen molar-refractivity contribution in [3.05, 3.63) is 29.8 Å². The number of carbonyl (C=O) groups excluding carboxylic acids is 1. The standard InChI is InChI=1S/C15H21N3O4S2/c1-16-15(23)18(2)14(19)13(5-4-10-17-24(20)21)11-6-8-12(22-3)9-7-11/h6-9,13H,4-5,10H2,1-3H3,(H,16,23). The van der Waals surface area contributed by atoms with Gasteiger partial charge in [0.05, 0.1) is 19.6 Å². The van der Waals surface area contributed by atoms with Gasteiger partial charge in [0.25, 0.3) is 0 Å². The number of nitrogens with zero attached hydrogens (tertiary/aromatic N) is 2. The first-order chi connectivity index (χ1) is 11.4. The Kier molecular flexibility index (Phi) is 8.34. The molecule has 1 aromatic carbocycles. The maximum atomic E-state index is 12.7. The number of ether oxygens (including phenoxy) is 1. The van der Waals surface area contributed by atoms with Gasteiger partial charge in [-0.1, -0.05) is 12.1 Å². The Labute approximate surface area is 148 Å². The summed E-state index contributed by atoms with van der Waals surface area (Å²) in [6.07, 6.45) is 0.930. The Morgan fingerprint density at radius 1 is 1.38 bits per heavy atom. The maximum Gasteiger partial charge on any atom is 0.311 e. The summed E-state index contributed by atoms with van der Waals surface area (Å²) in [6.45, 7) is 0.149. The molecule has 0 radical (unpaired) electrons. The van der Waals surface area contributed by atoms with Crippen LogP contribution in [-0.4, -0.2) is 52.1 Å². The normalized spacial score (nSPS) is 11.3. The van der Waals surface area contributed by atoms with Gasteiger partial charge in [-0.2, -0.15) is 12.8 Å². The van der Waals surface area contributed by atoms with Crippen molar-refractivity contribution in [1.29, 1.82) is 0 Å². The summed E-state index contributed by atoms with van der Waals surface area (Å²) in [5.74, 6) is 0.0889. The number of likely N-dealkylation sites (N-methyl/N-ethyl adjacent to an activating group) is 1. The molecule has 0 bridgehead atoms. The van der Waals surface area contributed by atoms with E-state index in [-0.39, 0.29) is 12.5 Å². The van der Waals surface area contributed by atoms with Crippen molar-refractivity contribution in [2.45, 2.75) is 18.8 Å². The van der Waals surface area contributed by atoms with Gasteiger partial charge >= 0.3 is 10.5 Å². The van der Waals surface area contributed by atoms with Crippen molar-refractivity contribution in [3.8, 4) is 5.75 Å². The van der Waals surface area contributed by atoms with Gasteiger partial charge in [0.2, 0.25) is 5.91 Å². The average Bonchev–Trinajstić information content (AvgIpc) is 2.59. The Hall–Kier alpha value is -2.00. The van der Waals surface area contributed by atoms with Crippen LogP contribution in [0, 0.1) is 0 Å². The average molecular weight is 371 g/mol. The molecule has 1 atom stereocenters. The number of carbonyl (C=O) groups is 1. The molecule has 0 heterocycles. The lowest BCUT2D eigenvalue weighted by Crippen LogP contribution is -2.41. The third kappa shape index (κ3) is 5.89. The van der Waals surface area contributed by atoms with E-state index in [1.165, 1.54) is 4.90 Å². The molecule has 0 aliphatic heterocycles. The van der Waals surface area contributed by atoms with Crippen molar-refractivity contribution < 1.29 is 17.9 Å². The fraction of sp³-hybridized carbons (Fsp3) is 0.467. The van der Waals surface area contributed by atoms with E-state index in [0.29, 0.717) is 23.7 Å². The zero-order valence-corrected chi connectivity index (χ0v) is 15.5. The molecule has 0 saturated heterocycles. The highest BCUT2D eigenvalue weighted by atomic mass is 32.2. The summed E-state index contributed by atoms with van der Waals surface area (Å²) in [4.78, 5) is 14.1. The SMILES string of the molecule is CNC(=S)N(C)C(=O)C(CCCN=S(=O)=O)c1ccc(OC)cc1. The molecule has 1 unspecified atom stereocenters. The smallest absolute Gasteiger partial charge is 0.311 e. The van der Waals surface area contributed by atoms with Crippen LogP contribution in [-0.2, 0) is 15.3 Å². The summed E-state index contributed by atoms with van der Waals surface area (Å²) < 4.78 is 29.5. The van der Waals surface area contributed by atoms with Crippen molar-refractivity contribution >= 4 is 33.7 Å². The highest BCUT2D eigenvalue weighted by molar-refractivity contribution is 7.80. The van der Waals surface area contributed by atoms with E-state index in [4.69, 9.17) is 17.0 Å². The first kappa shape index (κ1) is 20.0. The number of thiocarbonyl (C=S) groups is 1. The number of rotatable bonds is 7. The molecule has 1 rings (SSSR count). The highest BCUT2D eigenvalue weighted by Crippen LogP contribution is 2.25. The molecule has 132 valence electrons. The van der Waals surface area contributed by atoms with Crippen LogP contribution < -0.4 is 10.1 Å². The van der Waals surface area contributed by atoms with Crippen LogP contribution in [0.3, 0.4) is 0 Å². The molecule has 9 heteroatoms. The van der Waals surface area contributed by atoms with E-state index >= 15 is 0 Å². The van der Waals surface area contributed by atoms with E-state index < -0.39 is 16.4 Å². The van der Waals surface area contributed by atoms with Gasteiger partial charge in [0.1, 0.15) is 5.75 Å². The first-order valence-corrected chi connectivity index (χ1v) is 8.74. The van der Waals surface area contributed by atoms with Crippen LogP contribution in [0.2, 0.25) is 0 Å². The van der Waals surface area contributed by atoms with Gasteiger partial charge in [-0.25, -0.2) is 0 Å². The van der Waals surface area contributed by atoms with Crippen molar-refractivity contribution in [2.75, 3.05) is 27.7 Å². The minimum Gasteiger partial charge on any atom is -0.497 e. The molecule has 1 aromatic rings. The molecule has 0 aliphatic carbocycles. The van der Waals surface area contributed by atoms with Crippen LogP contribution in [0.25, 0.3) is 0 Å². The number of hydrogen-bond acceptors (Lipinski definition) is 6. The van der Waals surface area contributed by atoms with E-state index in [1.807, 2.05) is 12.1 Å². The highest BCUT2D eigenvalue weighted by Gasteiger charge is 2.25. The minimum atomic E-state index is -2.43. The van der Waals surface area contributed by atoms with Crippen LogP contribution in [0.5, 0.6) is 5.75 Å².